The van der Waals surface area contributed by atoms with Crippen molar-refractivity contribution in [1.29, 1.82) is 0 Å². The molecule has 0 spiro atoms. The van der Waals surface area contributed by atoms with E-state index in [0.29, 0.717) is 25.7 Å². The lowest BCUT2D eigenvalue weighted by molar-refractivity contribution is -0.121. The van der Waals surface area contributed by atoms with Gasteiger partial charge < -0.3 is 20.9 Å². The van der Waals surface area contributed by atoms with Gasteiger partial charge in [-0.05, 0) is 12.8 Å². The topological polar surface area (TPSA) is 73.5 Å². The molecule has 6 nitrogen and oxygen atoms in total. The molecule has 20 heavy (non-hydrogen) atoms. The van der Waals surface area contributed by atoms with Gasteiger partial charge in [0.1, 0.15) is 0 Å². The van der Waals surface area contributed by atoms with E-state index >= 15 is 0 Å². The maximum atomic E-state index is 11.8. The van der Waals surface area contributed by atoms with Crippen LogP contribution in [0.15, 0.2) is 0 Å². The summed E-state index contributed by atoms with van der Waals surface area (Å²) in [5, 5.41) is 8.86. The summed E-state index contributed by atoms with van der Waals surface area (Å²) in [5.74, 6) is 0.0517. The third-order valence-electron chi connectivity index (χ3n) is 3.49. The Kier molecular flexibility index (Phi) is 8.02. The van der Waals surface area contributed by atoms with Gasteiger partial charge in [-0.3, -0.25) is 4.79 Å². The van der Waals surface area contributed by atoms with Crippen LogP contribution >= 0.6 is 0 Å². The molecule has 0 heterocycles. The average molecular weight is 284 g/mol. The summed E-state index contributed by atoms with van der Waals surface area (Å²) >= 11 is 0. The van der Waals surface area contributed by atoms with E-state index in [9.17, 15) is 9.59 Å². The third-order valence-corrected chi connectivity index (χ3v) is 3.49. The third kappa shape index (κ3) is 7.33. The van der Waals surface area contributed by atoms with Gasteiger partial charge in [0.2, 0.25) is 5.91 Å². The first-order valence-corrected chi connectivity index (χ1v) is 7.55. The molecule has 1 aliphatic carbocycles. The van der Waals surface area contributed by atoms with Crippen LogP contribution in [0.25, 0.3) is 0 Å². The van der Waals surface area contributed by atoms with Crippen LogP contribution in [0.2, 0.25) is 0 Å². The number of carbonyl (C=O) groups excluding carboxylic acids is 2. The van der Waals surface area contributed by atoms with Crippen LogP contribution < -0.4 is 16.0 Å². The first-order valence-electron chi connectivity index (χ1n) is 7.55. The van der Waals surface area contributed by atoms with Crippen molar-refractivity contribution in [2.24, 2.45) is 0 Å². The Balaban J connectivity index is 2.03. The predicted molar refractivity (Wildman–Crippen MR) is 79.6 cm³/mol. The van der Waals surface area contributed by atoms with Gasteiger partial charge in [-0.1, -0.05) is 25.7 Å². The molecule has 1 rings (SSSR count). The van der Waals surface area contributed by atoms with Gasteiger partial charge in [-0.25, -0.2) is 4.79 Å². The highest BCUT2D eigenvalue weighted by Crippen LogP contribution is 2.16. The maximum absolute atomic E-state index is 11.8. The molecule has 0 unspecified atom stereocenters. The van der Waals surface area contributed by atoms with E-state index in [1.54, 1.807) is 14.1 Å². The van der Waals surface area contributed by atoms with E-state index in [1.807, 2.05) is 0 Å². The molecule has 0 aromatic rings. The Morgan fingerprint density at radius 2 is 1.70 bits per heavy atom. The second-order valence-corrected chi connectivity index (χ2v) is 5.56. The molecule has 0 aromatic heterocycles. The molecule has 3 amide bonds. The van der Waals surface area contributed by atoms with Crippen molar-refractivity contribution in [2.45, 2.75) is 44.6 Å². The lowest BCUT2D eigenvalue weighted by Crippen LogP contribution is -2.43. The van der Waals surface area contributed by atoms with Crippen LogP contribution in [0, 0.1) is 0 Å². The number of hydrogen-bond donors (Lipinski definition) is 3. The van der Waals surface area contributed by atoms with Gasteiger partial charge in [0, 0.05) is 33.2 Å². The minimum atomic E-state index is -0.116. The fourth-order valence-electron chi connectivity index (χ4n) is 2.32. The predicted octanol–water partition coefficient (Wildman–Crippen LogP) is 0.686. The number of hydrogen-bond acceptors (Lipinski definition) is 3. The quantitative estimate of drug-likeness (QED) is 0.496. The van der Waals surface area contributed by atoms with Crippen molar-refractivity contribution in [1.82, 2.24) is 20.9 Å². The summed E-state index contributed by atoms with van der Waals surface area (Å²) in [6.07, 6.45) is 7.21. The van der Waals surface area contributed by atoms with E-state index in [-0.39, 0.29) is 11.9 Å². The molecule has 1 saturated carbocycles. The zero-order valence-corrected chi connectivity index (χ0v) is 12.7. The van der Waals surface area contributed by atoms with Gasteiger partial charge >= 0.3 is 6.03 Å². The van der Waals surface area contributed by atoms with Crippen molar-refractivity contribution in [3.63, 3.8) is 0 Å². The first-order chi connectivity index (χ1) is 9.59. The smallest absolute Gasteiger partial charge is 0.316 e. The molecule has 6 heteroatoms. The minimum absolute atomic E-state index is 0.0517. The normalized spacial score (nSPS) is 16.3. The lowest BCUT2D eigenvalue weighted by Gasteiger charge is -2.16. The van der Waals surface area contributed by atoms with Crippen molar-refractivity contribution >= 4 is 11.9 Å². The molecule has 3 N–H and O–H groups in total. The van der Waals surface area contributed by atoms with Crippen LogP contribution in [0.4, 0.5) is 4.79 Å². The molecule has 0 saturated heterocycles. The van der Waals surface area contributed by atoms with E-state index in [1.165, 1.54) is 30.6 Å². The first kappa shape index (κ1) is 16.8. The number of rotatable bonds is 6. The molecular formula is C14H28N4O2. The highest BCUT2D eigenvalue weighted by Gasteiger charge is 2.14. The highest BCUT2D eigenvalue weighted by atomic mass is 16.2. The molecule has 0 radical (unpaired) electrons. The molecule has 0 bridgehead atoms. The van der Waals surface area contributed by atoms with Crippen LogP contribution in [-0.2, 0) is 4.79 Å². The average Bonchev–Trinajstić information content (AvgIpc) is 2.66. The number of carbonyl (C=O) groups is 2. The number of amides is 3. The SMILES string of the molecule is CN(C)C(=O)NCCNCC(=O)NC1CCCCCC1. The molecule has 1 aliphatic rings. The van der Waals surface area contributed by atoms with Gasteiger partial charge in [0.05, 0.1) is 6.54 Å². The molecular weight excluding hydrogens is 256 g/mol. The Morgan fingerprint density at radius 1 is 1.05 bits per heavy atom. The van der Waals surface area contributed by atoms with E-state index < -0.39 is 0 Å². The van der Waals surface area contributed by atoms with Crippen molar-refractivity contribution in [3.05, 3.63) is 0 Å². The largest absolute Gasteiger partial charge is 0.352 e. The Bertz CT molecular complexity index is 300. The Labute approximate surface area is 121 Å². The highest BCUT2D eigenvalue weighted by molar-refractivity contribution is 5.78. The monoisotopic (exact) mass is 284 g/mol. The number of nitrogens with zero attached hydrogens (tertiary/aromatic N) is 1. The fraction of sp³-hybridized carbons (Fsp3) is 0.857. The van der Waals surface area contributed by atoms with E-state index in [4.69, 9.17) is 0 Å². The minimum Gasteiger partial charge on any atom is -0.352 e. The molecule has 0 atom stereocenters. The van der Waals surface area contributed by atoms with Gasteiger partial charge in [0.15, 0.2) is 0 Å². The summed E-state index contributed by atoms with van der Waals surface area (Å²) in [4.78, 5) is 24.5. The zero-order valence-electron chi connectivity index (χ0n) is 12.7. The Hall–Kier alpha value is -1.30. The molecule has 1 fully saturated rings. The summed E-state index contributed by atoms with van der Waals surface area (Å²) in [5.41, 5.74) is 0. The molecule has 0 aliphatic heterocycles. The zero-order chi connectivity index (χ0) is 14.8. The Morgan fingerprint density at radius 3 is 2.30 bits per heavy atom. The van der Waals surface area contributed by atoms with Gasteiger partial charge in [-0.15, -0.1) is 0 Å². The second kappa shape index (κ2) is 9.58. The summed E-state index contributed by atoms with van der Waals surface area (Å²) in [6, 6.07) is 0.231. The van der Waals surface area contributed by atoms with Gasteiger partial charge in [0.25, 0.3) is 0 Å². The number of urea groups is 1. The van der Waals surface area contributed by atoms with E-state index in [2.05, 4.69) is 16.0 Å². The summed E-state index contributed by atoms with van der Waals surface area (Å²) in [7, 11) is 3.39. The van der Waals surface area contributed by atoms with E-state index in [0.717, 1.165) is 12.8 Å². The lowest BCUT2D eigenvalue weighted by atomic mass is 10.1. The maximum Gasteiger partial charge on any atom is 0.316 e. The van der Waals surface area contributed by atoms with Crippen LogP contribution in [0.3, 0.4) is 0 Å². The van der Waals surface area contributed by atoms with Crippen molar-refractivity contribution in [2.75, 3.05) is 33.7 Å². The van der Waals surface area contributed by atoms with Crippen LogP contribution in [-0.4, -0.2) is 56.6 Å². The van der Waals surface area contributed by atoms with Crippen molar-refractivity contribution < 1.29 is 9.59 Å². The summed E-state index contributed by atoms with van der Waals surface area (Å²) in [6.45, 7) is 1.43. The standard InChI is InChI=1S/C14H28N4O2/c1-18(2)14(20)16-10-9-15-11-13(19)17-12-7-5-3-4-6-8-12/h12,15H,3-11H2,1-2H3,(H,16,20)(H,17,19). The van der Waals surface area contributed by atoms with Gasteiger partial charge in [-0.2, -0.15) is 0 Å². The molecule has 0 aromatic carbocycles. The van der Waals surface area contributed by atoms with Crippen LogP contribution in [0.1, 0.15) is 38.5 Å². The summed E-state index contributed by atoms with van der Waals surface area (Å²) < 4.78 is 0. The molecule has 116 valence electrons. The van der Waals surface area contributed by atoms with Crippen molar-refractivity contribution in [3.8, 4) is 0 Å². The fourth-order valence-corrected chi connectivity index (χ4v) is 2.32. The second-order valence-electron chi connectivity index (χ2n) is 5.56. The number of nitrogens with one attached hydrogen (secondary N) is 3. The van der Waals surface area contributed by atoms with Crippen LogP contribution in [0.5, 0.6) is 0 Å².